The summed E-state index contributed by atoms with van der Waals surface area (Å²) in [6, 6.07) is 16.9. The molecule has 0 radical (unpaired) electrons. The number of halogens is 2. The van der Waals surface area contributed by atoms with Crippen molar-refractivity contribution in [1.82, 2.24) is 24.9 Å². The second-order valence-corrected chi connectivity index (χ2v) is 7.68. The van der Waals surface area contributed by atoms with Crippen LogP contribution in [-0.2, 0) is 6.54 Å². The molecule has 0 fully saturated rings. The van der Waals surface area contributed by atoms with Crippen LogP contribution in [-0.4, -0.2) is 24.9 Å². The fraction of sp³-hybridized carbons (Fsp3) is 0.0800. The molecule has 5 rings (SSSR count). The average Bonchev–Trinajstić information content (AvgIpc) is 3.31. The summed E-state index contributed by atoms with van der Waals surface area (Å²) in [6.45, 7) is 2.03. The fourth-order valence-corrected chi connectivity index (χ4v) is 3.45. The summed E-state index contributed by atoms with van der Waals surface area (Å²) in [7, 11) is 0. The average molecular weight is 457 g/mol. The molecule has 5 aromatic rings. The normalized spacial score (nSPS) is 11.0. The molecular formula is C25H17F2N5O2. The molecule has 0 saturated carbocycles. The van der Waals surface area contributed by atoms with E-state index >= 15 is 0 Å². The van der Waals surface area contributed by atoms with Gasteiger partial charge < -0.3 is 4.52 Å². The Morgan fingerprint density at radius 1 is 0.912 bits per heavy atom. The minimum atomic E-state index is -0.719. The van der Waals surface area contributed by atoms with Crippen LogP contribution in [0, 0.1) is 18.6 Å². The maximum atomic E-state index is 13.6. The first kappa shape index (κ1) is 21.3. The van der Waals surface area contributed by atoms with Crippen molar-refractivity contribution in [1.29, 1.82) is 0 Å². The van der Waals surface area contributed by atoms with Crippen LogP contribution >= 0.6 is 0 Å². The van der Waals surface area contributed by atoms with Gasteiger partial charge in [-0.25, -0.2) is 13.5 Å². The van der Waals surface area contributed by atoms with Crippen molar-refractivity contribution in [2.75, 3.05) is 0 Å². The fourth-order valence-electron chi connectivity index (χ4n) is 3.45. The SMILES string of the molecule is Cc1ccc(-c2nc(-c3cccc(Cn4nc(-c5cc(F)cc(F)c5)ccc4=O)c3)no2)cn1. The second-order valence-electron chi connectivity index (χ2n) is 7.68. The molecule has 0 aliphatic rings. The lowest BCUT2D eigenvalue weighted by Crippen LogP contribution is -2.22. The summed E-state index contributed by atoms with van der Waals surface area (Å²) in [4.78, 5) is 21.1. The number of rotatable bonds is 5. The van der Waals surface area contributed by atoms with Gasteiger partial charge in [-0.1, -0.05) is 23.4 Å². The molecule has 0 aliphatic heterocycles. The molecule has 7 nitrogen and oxygen atoms in total. The van der Waals surface area contributed by atoms with Gasteiger partial charge in [-0.15, -0.1) is 0 Å². The summed E-state index contributed by atoms with van der Waals surface area (Å²) >= 11 is 0. The highest BCUT2D eigenvalue weighted by Gasteiger charge is 2.12. The van der Waals surface area contributed by atoms with E-state index in [0.717, 1.165) is 29.5 Å². The van der Waals surface area contributed by atoms with Crippen LogP contribution in [0.15, 0.2) is 82.2 Å². The molecule has 34 heavy (non-hydrogen) atoms. The standard InChI is InChI=1S/C25H17F2N5O2/c1-15-5-6-18(13-28-15)25-29-24(31-34-25)17-4-2-3-16(9-17)14-32-23(33)8-7-22(30-32)19-10-20(26)12-21(27)11-19/h2-13H,14H2,1H3. The lowest BCUT2D eigenvalue weighted by Gasteiger charge is -2.08. The summed E-state index contributed by atoms with van der Waals surface area (Å²) in [6.07, 6.45) is 1.67. The highest BCUT2D eigenvalue weighted by atomic mass is 19.1. The Morgan fingerprint density at radius 3 is 2.50 bits per heavy atom. The van der Waals surface area contributed by atoms with E-state index in [-0.39, 0.29) is 23.4 Å². The van der Waals surface area contributed by atoms with Crippen molar-refractivity contribution in [2.24, 2.45) is 0 Å². The van der Waals surface area contributed by atoms with Crippen molar-refractivity contribution in [3.63, 3.8) is 0 Å². The highest BCUT2D eigenvalue weighted by molar-refractivity contribution is 5.60. The minimum absolute atomic E-state index is 0.144. The third-order valence-electron chi connectivity index (χ3n) is 5.13. The zero-order valence-electron chi connectivity index (χ0n) is 17.9. The Bertz CT molecular complexity index is 1520. The summed E-state index contributed by atoms with van der Waals surface area (Å²) in [5.74, 6) is -0.700. The summed E-state index contributed by atoms with van der Waals surface area (Å²) in [5, 5.41) is 8.34. The molecule has 9 heteroatoms. The lowest BCUT2D eigenvalue weighted by molar-refractivity contribution is 0.432. The number of hydrogen-bond donors (Lipinski definition) is 0. The number of aryl methyl sites for hydroxylation is 1. The quantitative estimate of drug-likeness (QED) is 0.382. The van der Waals surface area contributed by atoms with Gasteiger partial charge in [-0.2, -0.15) is 10.1 Å². The van der Waals surface area contributed by atoms with E-state index in [1.807, 2.05) is 43.3 Å². The number of aromatic nitrogens is 5. The largest absolute Gasteiger partial charge is 0.334 e. The molecule has 0 aliphatic carbocycles. The first-order valence-corrected chi connectivity index (χ1v) is 10.4. The smallest absolute Gasteiger partial charge is 0.267 e. The third kappa shape index (κ3) is 4.49. The lowest BCUT2D eigenvalue weighted by atomic mass is 10.1. The molecule has 0 amide bonds. The number of nitrogens with zero attached hydrogens (tertiary/aromatic N) is 5. The second kappa shape index (κ2) is 8.78. The highest BCUT2D eigenvalue weighted by Crippen LogP contribution is 2.23. The van der Waals surface area contributed by atoms with E-state index < -0.39 is 11.6 Å². The predicted molar refractivity (Wildman–Crippen MR) is 121 cm³/mol. The maximum Gasteiger partial charge on any atom is 0.267 e. The summed E-state index contributed by atoms with van der Waals surface area (Å²) in [5.41, 5.74) is 3.23. The van der Waals surface area contributed by atoms with Crippen LogP contribution in [0.25, 0.3) is 34.1 Å². The zero-order chi connectivity index (χ0) is 23.7. The van der Waals surface area contributed by atoms with Gasteiger partial charge in [-0.05, 0) is 48.9 Å². The van der Waals surface area contributed by atoms with Gasteiger partial charge in [0.1, 0.15) is 11.6 Å². The monoisotopic (exact) mass is 457 g/mol. The molecule has 3 aromatic heterocycles. The van der Waals surface area contributed by atoms with Crippen LogP contribution in [0.1, 0.15) is 11.3 Å². The summed E-state index contributed by atoms with van der Waals surface area (Å²) < 4.78 is 33.8. The van der Waals surface area contributed by atoms with Crippen LogP contribution in [0.2, 0.25) is 0 Å². The Morgan fingerprint density at radius 2 is 1.74 bits per heavy atom. The van der Waals surface area contributed by atoms with Gasteiger partial charge in [0.15, 0.2) is 0 Å². The van der Waals surface area contributed by atoms with Gasteiger partial charge >= 0.3 is 0 Å². The first-order chi connectivity index (χ1) is 16.4. The third-order valence-corrected chi connectivity index (χ3v) is 5.13. The van der Waals surface area contributed by atoms with E-state index in [1.54, 1.807) is 6.20 Å². The van der Waals surface area contributed by atoms with Gasteiger partial charge in [-0.3, -0.25) is 9.78 Å². The molecule has 0 spiro atoms. The van der Waals surface area contributed by atoms with E-state index in [9.17, 15) is 13.6 Å². The molecule has 0 N–H and O–H groups in total. The van der Waals surface area contributed by atoms with Crippen LogP contribution in [0.3, 0.4) is 0 Å². The Balaban J connectivity index is 1.43. The van der Waals surface area contributed by atoms with E-state index in [1.165, 1.54) is 16.8 Å². The minimum Gasteiger partial charge on any atom is -0.334 e. The Labute approximate surface area is 192 Å². The zero-order valence-corrected chi connectivity index (χ0v) is 17.9. The van der Waals surface area contributed by atoms with Gasteiger partial charge in [0.05, 0.1) is 17.8 Å². The first-order valence-electron chi connectivity index (χ1n) is 10.4. The van der Waals surface area contributed by atoms with E-state index in [2.05, 4.69) is 20.2 Å². The van der Waals surface area contributed by atoms with Crippen molar-refractivity contribution in [2.45, 2.75) is 13.5 Å². The molecule has 0 unspecified atom stereocenters. The Kier molecular flexibility index (Phi) is 5.51. The van der Waals surface area contributed by atoms with Crippen molar-refractivity contribution in [3.8, 4) is 34.1 Å². The molecule has 2 aromatic carbocycles. The van der Waals surface area contributed by atoms with E-state index in [4.69, 9.17) is 4.52 Å². The molecule has 3 heterocycles. The molecule has 0 bridgehead atoms. The van der Waals surface area contributed by atoms with E-state index in [0.29, 0.717) is 22.8 Å². The maximum absolute atomic E-state index is 13.6. The topological polar surface area (TPSA) is 86.7 Å². The van der Waals surface area contributed by atoms with Gasteiger partial charge in [0, 0.05) is 35.2 Å². The van der Waals surface area contributed by atoms with Gasteiger partial charge in [0.25, 0.3) is 11.4 Å². The van der Waals surface area contributed by atoms with Crippen LogP contribution in [0.5, 0.6) is 0 Å². The molecule has 168 valence electrons. The number of pyridine rings is 1. The van der Waals surface area contributed by atoms with Gasteiger partial charge in [0.2, 0.25) is 5.82 Å². The predicted octanol–water partition coefficient (Wildman–Crippen LogP) is 4.66. The molecule has 0 atom stereocenters. The molecule has 0 saturated heterocycles. The van der Waals surface area contributed by atoms with Crippen LogP contribution in [0.4, 0.5) is 8.78 Å². The molecular weight excluding hydrogens is 440 g/mol. The van der Waals surface area contributed by atoms with Crippen molar-refractivity contribution >= 4 is 0 Å². The number of benzene rings is 2. The Hall–Kier alpha value is -4.53. The van der Waals surface area contributed by atoms with Crippen molar-refractivity contribution < 1.29 is 13.3 Å². The van der Waals surface area contributed by atoms with Crippen molar-refractivity contribution in [3.05, 3.63) is 106 Å². The number of hydrogen-bond acceptors (Lipinski definition) is 6. The van der Waals surface area contributed by atoms with Crippen LogP contribution < -0.4 is 5.56 Å².